The van der Waals surface area contributed by atoms with E-state index in [0.717, 1.165) is 12.2 Å². The lowest BCUT2D eigenvalue weighted by Crippen LogP contribution is -2.25. The molecule has 0 saturated heterocycles. The third kappa shape index (κ3) is 4.65. The SMILES string of the molecule is CCOCCN(C)Cc1c(C(=O)OCC)cnn1C. The molecule has 1 aromatic rings. The fourth-order valence-electron chi connectivity index (χ4n) is 1.73. The summed E-state index contributed by atoms with van der Waals surface area (Å²) >= 11 is 0. The van der Waals surface area contributed by atoms with E-state index >= 15 is 0 Å². The molecule has 0 aliphatic heterocycles. The first kappa shape index (κ1) is 15.7. The maximum Gasteiger partial charge on any atom is 0.341 e. The molecule has 0 unspecified atom stereocenters. The molecule has 1 heterocycles. The maximum absolute atomic E-state index is 11.8. The zero-order chi connectivity index (χ0) is 14.3. The highest BCUT2D eigenvalue weighted by molar-refractivity contribution is 5.90. The molecule has 0 amide bonds. The Balaban J connectivity index is 2.66. The molecule has 6 heteroatoms. The number of aromatic nitrogens is 2. The molecule has 6 nitrogen and oxygen atoms in total. The third-order valence-corrected chi connectivity index (χ3v) is 2.80. The predicted octanol–water partition coefficient (Wildman–Crippen LogP) is 1.07. The van der Waals surface area contributed by atoms with Crippen molar-refractivity contribution in [3.8, 4) is 0 Å². The molecule has 0 radical (unpaired) electrons. The second kappa shape index (κ2) is 7.91. The molecule has 0 aliphatic carbocycles. The van der Waals surface area contributed by atoms with Crippen LogP contribution in [-0.4, -0.2) is 54.1 Å². The van der Waals surface area contributed by atoms with Crippen LogP contribution in [0.5, 0.6) is 0 Å². The minimum atomic E-state index is -0.316. The first-order chi connectivity index (χ1) is 9.10. The summed E-state index contributed by atoms with van der Waals surface area (Å²) in [6.07, 6.45) is 1.56. The van der Waals surface area contributed by atoms with Gasteiger partial charge in [-0.05, 0) is 20.9 Å². The third-order valence-electron chi connectivity index (χ3n) is 2.80. The lowest BCUT2D eigenvalue weighted by Gasteiger charge is -2.17. The van der Waals surface area contributed by atoms with Crippen molar-refractivity contribution in [3.63, 3.8) is 0 Å². The van der Waals surface area contributed by atoms with Crippen LogP contribution in [0.15, 0.2) is 6.20 Å². The Morgan fingerprint density at radius 3 is 2.79 bits per heavy atom. The smallest absolute Gasteiger partial charge is 0.341 e. The highest BCUT2D eigenvalue weighted by atomic mass is 16.5. The number of hydrogen-bond acceptors (Lipinski definition) is 5. The molecule has 19 heavy (non-hydrogen) atoms. The van der Waals surface area contributed by atoms with Gasteiger partial charge in [0.2, 0.25) is 0 Å². The van der Waals surface area contributed by atoms with E-state index in [1.165, 1.54) is 0 Å². The van der Waals surface area contributed by atoms with Crippen molar-refractivity contribution in [2.24, 2.45) is 7.05 Å². The highest BCUT2D eigenvalue weighted by Crippen LogP contribution is 2.11. The number of rotatable bonds is 8. The van der Waals surface area contributed by atoms with Crippen LogP contribution in [0.25, 0.3) is 0 Å². The van der Waals surface area contributed by atoms with E-state index in [2.05, 4.69) is 10.00 Å². The molecular formula is C13H23N3O3. The molecular weight excluding hydrogens is 246 g/mol. The zero-order valence-corrected chi connectivity index (χ0v) is 12.2. The first-order valence-corrected chi connectivity index (χ1v) is 6.54. The fraction of sp³-hybridized carbons (Fsp3) is 0.692. The molecule has 0 fully saturated rings. The van der Waals surface area contributed by atoms with Crippen molar-refractivity contribution < 1.29 is 14.3 Å². The molecule has 0 aromatic carbocycles. The summed E-state index contributed by atoms with van der Waals surface area (Å²) in [6, 6.07) is 0. The number of likely N-dealkylation sites (N-methyl/N-ethyl adjacent to an activating group) is 1. The minimum absolute atomic E-state index is 0.316. The summed E-state index contributed by atoms with van der Waals surface area (Å²) in [4.78, 5) is 13.9. The fourth-order valence-corrected chi connectivity index (χ4v) is 1.73. The monoisotopic (exact) mass is 269 g/mol. The molecule has 0 aliphatic rings. The number of nitrogens with zero attached hydrogens (tertiary/aromatic N) is 3. The topological polar surface area (TPSA) is 56.6 Å². The Morgan fingerprint density at radius 1 is 1.42 bits per heavy atom. The largest absolute Gasteiger partial charge is 0.462 e. The van der Waals surface area contributed by atoms with Crippen molar-refractivity contribution in [2.75, 3.05) is 33.4 Å². The van der Waals surface area contributed by atoms with Crippen LogP contribution in [0.2, 0.25) is 0 Å². The van der Waals surface area contributed by atoms with Gasteiger partial charge in [-0.25, -0.2) is 4.79 Å². The number of hydrogen-bond donors (Lipinski definition) is 0. The Labute approximate surface area is 114 Å². The molecule has 0 bridgehead atoms. The van der Waals surface area contributed by atoms with Gasteiger partial charge >= 0.3 is 5.97 Å². The summed E-state index contributed by atoms with van der Waals surface area (Å²) in [5.74, 6) is -0.316. The summed E-state index contributed by atoms with van der Waals surface area (Å²) in [5, 5.41) is 4.13. The Hall–Kier alpha value is -1.40. The van der Waals surface area contributed by atoms with Gasteiger partial charge in [0.25, 0.3) is 0 Å². The van der Waals surface area contributed by atoms with Gasteiger partial charge in [-0.1, -0.05) is 0 Å². The summed E-state index contributed by atoms with van der Waals surface area (Å²) < 4.78 is 12.1. The number of carbonyl (C=O) groups excluding carboxylic acids is 1. The summed E-state index contributed by atoms with van der Waals surface area (Å²) in [5.41, 5.74) is 1.39. The second-order valence-electron chi connectivity index (χ2n) is 4.28. The van der Waals surface area contributed by atoms with Crippen LogP contribution < -0.4 is 0 Å². The standard InChI is InChI=1S/C13H23N3O3/c1-5-18-8-7-15(3)10-12-11(9-14-16(12)4)13(17)19-6-2/h9H,5-8,10H2,1-4H3. The van der Waals surface area contributed by atoms with Crippen molar-refractivity contribution in [3.05, 3.63) is 17.5 Å². The number of ether oxygens (including phenoxy) is 2. The Bertz CT molecular complexity index is 404. The van der Waals surface area contributed by atoms with Crippen LogP contribution >= 0.6 is 0 Å². The first-order valence-electron chi connectivity index (χ1n) is 6.54. The maximum atomic E-state index is 11.8. The molecule has 1 rings (SSSR count). The van der Waals surface area contributed by atoms with Crippen molar-refractivity contribution in [2.45, 2.75) is 20.4 Å². The van der Waals surface area contributed by atoms with Gasteiger partial charge in [-0.2, -0.15) is 5.10 Å². The predicted molar refractivity (Wildman–Crippen MR) is 72.0 cm³/mol. The van der Waals surface area contributed by atoms with Gasteiger partial charge in [-0.15, -0.1) is 0 Å². The molecule has 0 saturated carbocycles. The van der Waals surface area contributed by atoms with Crippen LogP contribution in [0.4, 0.5) is 0 Å². The second-order valence-corrected chi connectivity index (χ2v) is 4.28. The van der Waals surface area contributed by atoms with Crippen molar-refractivity contribution in [1.82, 2.24) is 14.7 Å². The average Bonchev–Trinajstić information content (AvgIpc) is 2.72. The van der Waals surface area contributed by atoms with Crippen molar-refractivity contribution in [1.29, 1.82) is 0 Å². The van der Waals surface area contributed by atoms with Gasteiger partial charge in [0.05, 0.1) is 25.1 Å². The summed E-state index contributed by atoms with van der Waals surface area (Å²) in [7, 11) is 3.81. The van der Waals surface area contributed by atoms with Gasteiger partial charge < -0.3 is 9.47 Å². The van der Waals surface area contributed by atoms with Gasteiger partial charge in [-0.3, -0.25) is 9.58 Å². The van der Waals surface area contributed by atoms with E-state index < -0.39 is 0 Å². The van der Waals surface area contributed by atoms with Crippen molar-refractivity contribution >= 4 is 5.97 Å². The van der Waals surface area contributed by atoms with E-state index in [-0.39, 0.29) is 5.97 Å². The highest BCUT2D eigenvalue weighted by Gasteiger charge is 2.18. The normalized spacial score (nSPS) is 11.0. The summed E-state index contributed by atoms with van der Waals surface area (Å²) in [6.45, 7) is 6.97. The van der Waals surface area contributed by atoms with E-state index in [1.54, 1.807) is 17.8 Å². The van der Waals surface area contributed by atoms with E-state index in [1.807, 2.05) is 21.0 Å². The van der Waals surface area contributed by atoms with Gasteiger partial charge in [0.15, 0.2) is 0 Å². The Morgan fingerprint density at radius 2 is 2.16 bits per heavy atom. The molecule has 0 spiro atoms. The molecule has 0 atom stereocenters. The van der Waals surface area contributed by atoms with Crippen LogP contribution in [-0.2, 0) is 23.1 Å². The lowest BCUT2D eigenvalue weighted by atomic mass is 10.2. The van der Waals surface area contributed by atoms with E-state index in [4.69, 9.17) is 9.47 Å². The molecule has 1 aromatic heterocycles. The molecule has 108 valence electrons. The zero-order valence-electron chi connectivity index (χ0n) is 12.2. The average molecular weight is 269 g/mol. The number of aryl methyl sites for hydroxylation is 1. The molecule has 0 N–H and O–H groups in total. The van der Waals surface area contributed by atoms with Gasteiger partial charge in [0.1, 0.15) is 5.56 Å². The quantitative estimate of drug-likeness (QED) is 0.522. The number of carbonyl (C=O) groups is 1. The van der Waals surface area contributed by atoms with E-state index in [0.29, 0.717) is 31.9 Å². The Kier molecular flexibility index (Phi) is 6.52. The van der Waals surface area contributed by atoms with Gasteiger partial charge in [0, 0.05) is 26.7 Å². The van der Waals surface area contributed by atoms with Crippen LogP contribution in [0.1, 0.15) is 29.9 Å². The lowest BCUT2D eigenvalue weighted by molar-refractivity contribution is 0.0523. The number of esters is 1. The van der Waals surface area contributed by atoms with Crippen LogP contribution in [0, 0.1) is 0 Å². The van der Waals surface area contributed by atoms with E-state index in [9.17, 15) is 4.79 Å². The minimum Gasteiger partial charge on any atom is -0.462 e. The van der Waals surface area contributed by atoms with Crippen LogP contribution in [0.3, 0.4) is 0 Å².